The van der Waals surface area contributed by atoms with Gasteiger partial charge in [0.1, 0.15) is 0 Å². The zero-order chi connectivity index (χ0) is 14.2. The first-order chi connectivity index (χ1) is 10.3. The minimum atomic E-state index is 0.246. The fourth-order valence-corrected chi connectivity index (χ4v) is 4.00. The molecule has 3 saturated heterocycles. The molecule has 3 fully saturated rings. The second-order valence-electron chi connectivity index (χ2n) is 6.12. The van der Waals surface area contributed by atoms with Crippen molar-refractivity contribution < 1.29 is 4.79 Å². The number of carbonyl (C=O) groups excluding carboxylic acids is 1. The smallest absolute Gasteiger partial charge is 0.320 e. The van der Waals surface area contributed by atoms with Gasteiger partial charge in [-0.3, -0.25) is 0 Å². The number of amides is 2. The molecule has 0 bridgehead atoms. The van der Waals surface area contributed by atoms with E-state index in [1.165, 1.54) is 0 Å². The predicted octanol–water partition coefficient (Wildman–Crippen LogP) is 1.35. The van der Waals surface area contributed by atoms with E-state index in [1.807, 2.05) is 11.0 Å². The highest BCUT2D eigenvalue weighted by molar-refractivity contribution is 5.76. The van der Waals surface area contributed by atoms with Gasteiger partial charge in [0.2, 0.25) is 5.95 Å². The largest absolute Gasteiger partial charge is 0.336 e. The third-order valence-electron chi connectivity index (χ3n) is 5.01. The number of aromatic nitrogens is 2. The molecule has 3 aliphatic rings. The number of hydrogen-bond donors (Lipinski definition) is 0. The molecule has 4 heterocycles. The molecular formula is C15H21N5O. The summed E-state index contributed by atoms with van der Waals surface area (Å²) in [7, 11) is 0. The molecule has 1 aromatic rings. The van der Waals surface area contributed by atoms with Crippen LogP contribution in [0.15, 0.2) is 18.5 Å². The maximum Gasteiger partial charge on any atom is 0.320 e. The van der Waals surface area contributed by atoms with Crippen molar-refractivity contribution >= 4 is 12.0 Å². The highest BCUT2D eigenvalue weighted by atomic mass is 16.2. The normalized spacial score (nSPS) is 28.3. The summed E-state index contributed by atoms with van der Waals surface area (Å²) in [4.78, 5) is 27.8. The topological polar surface area (TPSA) is 52.6 Å². The Balaban J connectivity index is 1.49. The molecule has 1 aromatic heterocycles. The van der Waals surface area contributed by atoms with Gasteiger partial charge in [-0.2, -0.15) is 0 Å². The highest BCUT2D eigenvalue weighted by Crippen LogP contribution is 2.34. The minimum absolute atomic E-state index is 0.246. The maximum atomic E-state index is 12.6. The SMILES string of the molecule is O=C(N1CCCC1)N1CC[C@H]2[C@H]1CCN2c1ncccn1. The van der Waals surface area contributed by atoms with Crippen LogP contribution in [0.4, 0.5) is 10.7 Å². The molecule has 0 saturated carbocycles. The van der Waals surface area contributed by atoms with E-state index in [1.54, 1.807) is 12.4 Å². The number of anilines is 1. The van der Waals surface area contributed by atoms with Gasteiger partial charge >= 0.3 is 6.03 Å². The van der Waals surface area contributed by atoms with Crippen LogP contribution in [0.1, 0.15) is 25.7 Å². The highest BCUT2D eigenvalue weighted by Gasteiger charge is 2.46. The average Bonchev–Trinajstić information content (AvgIpc) is 3.24. The molecule has 112 valence electrons. The zero-order valence-electron chi connectivity index (χ0n) is 12.2. The minimum Gasteiger partial charge on any atom is -0.336 e. The standard InChI is InChI=1S/C15H21N5O/c21-15(18-8-1-2-9-18)20-11-5-12-13(20)4-10-19(12)14-16-6-3-7-17-14/h3,6-7,12-13H,1-2,4-5,8-11H2/t12-,13+/m0/s1. The Morgan fingerprint density at radius 3 is 2.48 bits per heavy atom. The van der Waals surface area contributed by atoms with Crippen molar-refractivity contribution in [3.8, 4) is 0 Å². The van der Waals surface area contributed by atoms with Crippen LogP contribution in [0, 0.1) is 0 Å². The Kier molecular flexibility index (Phi) is 3.16. The molecule has 4 rings (SSSR count). The number of rotatable bonds is 1. The number of carbonyl (C=O) groups is 1. The first kappa shape index (κ1) is 12.9. The lowest BCUT2D eigenvalue weighted by Gasteiger charge is -2.29. The molecule has 2 amide bonds. The van der Waals surface area contributed by atoms with Crippen molar-refractivity contribution in [3.63, 3.8) is 0 Å². The molecule has 0 spiro atoms. The number of likely N-dealkylation sites (tertiary alicyclic amines) is 2. The zero-order valence-corrected chi connectivity index (χ0v) is 12.2. The third kappa shape index (κ3) is 2.13. The molecule has 6 heteroatoms. The molecule has 0 aliphatic carbocycles. The van der Waals surface area contributed by atoms with Gasteiger partial charge in [-0.05, 0) is 31.7 Å². The van der Waals surface area contributed by atoms with Crippen LogP contribution in [0.3, 0.4) is 0 Å². The first-order valence-corrected chi connectivity index (χ1v) is 7.94. The lowest BCUT2D eigenvalue weighted by atomic mass is 10.1. The predicted molar refractivity (Wildman–Crippen MR) is 79.1 cm³/mol. The Bertz CT molecular complexity index is 516. The van der Waals surface area contributed by atoms with Gasteiger partial charge in [0.15, 0.2) is 0 Å². The summed E-state index contributed by atoms with van der Waals surface area (Å²) in [5, 5.41) is 0. The van der Waals surface area contributed by atoms with Gasteiger partial charge in [-0.15, -0.1) is 0 Å². The van der Waals surface area contributed by atoms with Gasteiger partial charge in [-0.1, -0.05) is 0 Å². The van der Waals surface area contributed by atoms with Crippen LogP contribution in [0.5, 0.6) is 0 Å². The Morgan fingerprint density at radius 1 is 1.00 bits per heavy atom. The Hall–Kier alpha value is -1.85. The van der Waals surface area contributed by atoms with Gasteiger partial charge < -0.3 is 14.7 Å². The monoisotopic (exact) mass is 287 g/mol. The number of urea groups is 1. The van der Waals surface area contributed by atoms with E-state index in [4.69, 9.17) is 0 Å². The lowest BCUT2D eigenvalue weighted by molar-refractivity contribution is 0.157. The lowest BCUT2D eigenvalue weighted by Crippen LogP contribution is -2.46. The molecule has 2 atom stereocenters. The van der Waals surface area contributed by atoms with Crippen molar-refractivity contribution in [3.05, 3.63) is 18.5 Å². The summed E-state index contributed by atoms with van der Waals surface area (Å²) in [6.07, 6.45) is 7.94. The molecule has 0 radical (unpaired) electrons. The van der Waals surface area contributed by atoms with E-state index < -0.39 is 0 Å². The van der Waals surface area contributed by atoms with Gasteiger partial charge in [0.05, 0.1) is 12.1 Å². The number of fused-ring (bicyclic) bond motifs is 1. The van der Waals surface area contributed by atoms with Gasteiger partial charge in [0.25, 0.3) is 0 Å². The van der Waals surface area contributed by atoms with Crippen molar-refractivity contribution in [1.29, 1.82) is 0 Å². The van der Waals surface area contributed by atoms with Crippen LogP contribution >= 0.6 is 0 Å². The van der Waals surface area contributed by atoms with Gasteiger partial charge in [-0.25, -0.2) is 14.8 Å². The quantitative estimate of drug-likeness (QED) is 0.782. The van der Waals surface area contributed by atoms with Crippen molar-refractivity contribution in [2.75, 3.05) is 31.1 Å². The summed E-state index contributed by atoms with van der Waals surface area (Å²) in [6, 6.07) is 2.81. The molecule has 21 heavy (non-hydrogen) atoms. The second kappa shape index (κ2) is 5.16. The second-order valence-corrected chi connectivity index (χ2v) is 6.12. The van der Waals surface area contributed by atoms with Crippen LogP contribution in [-0.2, 0) is 0 Å². The summed E-state index contributed by atoms with van der Waals surface area (Å²) < 4.78 is 0. The molecular weight excluding hydrogens is 266 g/mol. The number of nitrogens with zero attached hydrogens (tertiary/aromatic N) is 5. The molecule has 0 N–H and O–H groups in total. The summed E-state index contributed by atoms with van der Waals surface area (Å²) >= 11 is 0. The third-order valence-corrected chi connectivity index (χ3v) is 5.01. The van der Waals surface area contributed by atoms with Crippen molar-refractivity contribution in [2.24, 2.45) is 0 Å². The average molecular weight is 287 g/mol. The Morgan fingerprint density at radius 2 is 1.71 bits per heavy atom. The maximum absolute atomic E-state index is 12.6. The summed E-state index contributed by atoms with van der Waals surface area (Å²) in [5.74, 6) is 0.806. The van der Waals surface area contributed by atoms with Crippen molar-refractivity contribution in [2.45, 2.75) is 37.8 Å². The van der Waals surface area contributed by atoms with E-state index >= 15 is 0 Å². The first-order valence-electron chi connectivity index (χ1n) is 7.94. The van der Waals surface area contributed by atoms with E-state index in [9.17, 15) is 4.79 Å². The summed E-state index contributed by atoms with van der Waals surface area (Å²) in [6.45, 7) is 3.67. The molecule has 3 aliphatic heterocycles. The van der Waals surface area contributed by atoms with Crippen LogP contribution in [-0.4, -0.2) is 64.1 Å². The van der Waals surface area contributed by atoms with E-state index in [0.29, 0.717) is 12.1 Å². The molecule has 0 aromatic carbocycles. The van der Waals surface area contributed by atoms with Crippen LogP contribution < -0.4 is 4.90 Å². The fraction of sp³-hybridized carbons (Fsp3) is 0.667. The fourth-order valence-electron chi connectivity index (χ4n) is 4.00. The molecule has 6 nitrogen and oxygen atoms in total. The van der Waals surface area contributed by atoms with Crippen LogP contribution in [0.2, 0.25) is 0 Å². The van der Waals surface area contributed by atoms with Crippen LogP contribution in [0.25, 0.3) is 0 Å². The molecule has 0 unspecified atom stereocenters. The van der Waals surface area contributed by atoms with Crippen molar-refractivity contribution in [1.82, 2.24) is 19.8 Å². The number of hydrogen-bond acceptors (Lipinski definition) is 4. The van der Waals surface area contributed by atoms with E-state index in [0.717, 1.165) is 57.8 Å². The summed E-state index contributed by atoms with van der Waals surface area (Å²) in [5.41, 5.74) is 0. The van der Waals surface area contributed by atoms with Gasteiger partial charge in [0, 0.05) is 38.6 Å². The Labute approximate surface area is 124 Å². The van der Waals surface area contributed by atoms with E-state index in [2.05, 4.69) is 19.8 Å². The van der Waals surface area contributed by atoms with E-state index in [-0.39, 0.29) is 6.03 Å².